The summed E-state index contributed by atoms with van der Waals surface area (Å²) >= 11 is 3.28. The van der Waals surface area contributed by atoms with E-state index in [0.717, 1.165) is 15.4 Å². The van der Waals surface area contributed by atoms with Crippen LogP contribution >= 0.6 is 15.9 Å². The predicted octanol–water partition coefficient (Wildman–Crippen LogP) is 2.54. The highest BCUT2D eigenvalue weighted by molar-refractivity contribution is 9.10. The summed E-state index contributed by atoms with van der Waals surface area (Å²) in [6.07, 6.45) is 2.50. The lowest BCUT2D eigenvalue weighted by Crippen LogP contribution is -2.51. The minimum atomic E-state index is -3.83. The Kier molecular flexibility index (Phi) is 5.63. The maximum Gasteiger partial charge on any atom is 0.271 e. The second-order valence-corrected chi connectivity index (χ2v) is 9.73. The molecule has 1 aliphatic rings. The summed E-state index contributed by atoms with van der Waals surface area (Å²) < 4.78 is 27.9. The highest BCUT2D eigenvalue weighted by Gasteiger charge is 2.39. The number of nitrogens with one attached hydrogen (secondary N) is 3. The zero-order valence-corrected chi connectivity index (χ0v) is 18.2. The molecule has 0 spiro atoms. The molecule has 2 aromatic carbocycles. The Labute approximate surface area is 181 Å². The van der Waals surface area contributed by atoms with Crippen LogP contribution in [0, 0.1) is 0 Å². The van der Waals surface area contributed by atoms with Gasteiger partial charge in [-0.3, -0.25) is 20.4 Å². The predicted molar refractivity (Wildman–Crippen MR) is 115 cm³/mol. The molecule has 0 bridgehead atoms. The van der Waals surface area contributed by atoms with Crippen LogP contribution in [0.2, 0.25) is 0 Å². The lowest BCUT2D eigenvalue weighted by Gasteiger charge is -2.23. The number of benzene rings is 2. The molecule has 2 heterocycles. The number of aromatic nitrogens is 1. The third-order valence-corrected chi connectivity index (χ3v) is 7.51. The molecule has 156 valence electrons. The Balaban J connectivity index is 1.46. The Bertz CT molecular complexity index is 1210. The molecule has 0 radical (unpaired) electrons. The number of hydrazine groups is 1. The number of aromatic amines is 1. The minimum Gasteiger partial charge on any atom is -0.360 e. The molecular weight excluding hydrogens is 472 g/mol. The summed E-state index contributed by atoms with van der Waals surface area (Å²) in [6, 6.07) is 12.7. The van der Waals surface area contributed by atoms with Crippen molar-refractivity contribution >= 4 is 48.7 Å². The molecule has 1 aliphatic heterocycles. The first-order valence-electron chi connectivity index (χ1n) is 9.31. The third-order valence-electron chi connectivity index (χ3n) is 5.06. The number of nitrogens with zero attached hydrogens (tertiary/aromatic N) is 1. The van der Waals surface area contributed by atoms with Gasteiger partial charge in [0.25, 0.3) is 11.8 Å². The molecule has 4 rings (SSSR count). The molecular formula is C20H19BrN4O4S. The van der Waals surface area contributed by atoms with Crippen molar-refractivity contribution in [2.24, 2.45) is 0 Å². The number of halogens is 1. The van der Waals surface area contributed by atoms with Crippen LogP contribution < -0.4 is 10.9 Å². The summed E-state index contributed by atoms with van der Waals surface area (Å²) in [7, 11) is -3.83. The average molecular weight is 491 g/mol. The van der Waals surface area contributed by atoms with Crippen LogP contribution in [0.15, 0.2) is 64.1 Å². The smallest absolute Gasteiger partial charge is 0.271 e. The van der Waals surface area contributed by atoms with Gasteiger partial charge in [-0.2, -0.15) is 4.31 Å². The molecule has 1 unspecified atom stereocenters. The second kappa shape index (κ2) is 8.21. The van der Waals surface area contributed by atoms with E-state index >= 15 is 0 Å². The van der Waals surface area contributed by atoms with Gasteiger partial charge in [-0.1, -0.05) is 34.1 Å². The highest BCUT2D eigenvalue weighted by atomic mass is 79.9. The number of H-pyrrole nitrogens is 1. The first-order chi connectivity index (χ1) is 14.4. The molecule has 30 heavy (non-hydrogen) atoms. The largest absolute Gasteiger partial charge is 0.360 e. The van der Waals surface area contributed by atoms with E-state index in [1.165, 1.54) is 16.4 Å². The van der Waals surface area contributed by atoms with Gasteiger partial charge in [-0.15, -0.1) is 0 Å². The fourth-order valence-electron chi connectivity index (χ4n) is 3.56. The fraction of sp³-hybridized carbons (Fsp3) is 0.200. The molecule has 0 aliphatic carbocycles. The van der Waals surface area contributed by atoms with Crippen molar-refractivity contribution in [1.29, 1.82) is 0 Å². The SMILES string of the molecule is O=C(NNC(=O)C1CCCN1S(=O)(=O)c1ccc(Br)cc1)c1c[nH]c2ccccc12. The number of rotatable bonds is 4. The van der Waals surface area contributed by atoms with Crippen molar-refractivity contribution in [2.75, 3.05) is 6.54 Å². The van der Waals surface area contributed by atoms with E-state index in [1.807, 2.05) is 18.2 Å². The molecule has 1 fully saturated rings. The average Bonchev–Trinajstić information content (AvgIpc) is 3.40. The third kappa shape index (κ3) is 3.85. The highest BCUT2D eigenvalue weighted by Crippen LogP contribution is 2.27. The Morgan fingerprint density at radius 2 is 1.80 bits per heavy atom. The van der Waals surface area contributed by atoms with Crippen LogP contribution in [0.4, 0.5) is 0 Å². The molecule has 3 N–H and O–H groups in total. The van der Waals surface area contributed by atoms with Crippen LogP contribution in [0.5, 0.6) is 0 Å². The summed E-state index contributed by atoms with van der Waals surface area (Å²) in [5.41, 5.74) is 5.95. The Morgan fingerprint density at radius 3 is 2.57 bits per heavy atom. The summed E-state index contributed by atoms with van der Waals surface area (Å²) in [6.45, 7) is 0.243. The fourth-order valence-corrected chi connectivity index (χ4v) is 5.48. The zero-order valence-electron chi connectivity index (χ0n) is 15.8. The topological polar surface area (TPSA) is 111 Å². The van der Waals surface area contributed by atoms with E-state index in [-0.39, 0.29) is 11.4 Å². The van der Waals surface area contributed by atoms with Gasteiger partial charge in [-0.25, -0.2) is 8.42 Å². The molecule has 1 atom stereocenters. The number of hydrogen-bond acceptors (Lipinski definition) is 4. The first kappa shape index (κ1) is 20.6. The number of amides is 2. The molecule has 0 saturated carbocycles. The monoisotopic (exact) mass is 490 g/mol. The number of fused-ring (bicyclic) bond motifs is 1. The summed E-state index contributed by atoms with van der Waals surface area (Å²) in [5, 5.41) is 0.726. The lowest BCUT2D eigenvalue weighted by atomic mass is 10.2. The summed E-state index contributed by atoms with van der Waals surface area (Å²) in [5.74, 6) is -1.05. The number of hydrogen-bond donors (Lipinski definition) is 3. The molecule has 1 saturated heterocycles. The van der Waals surface area contributed by atoms with E-state index < -0.39 is 27.9 Å². The normalized spacial score (nSPS) is 17.2. The number of carbonyl (C=O) groups excluding carboxylic acids is 2. The molecule has 3 aromatic rings. The van der Waals surface area contributed by atoms with Crippen LogP contribution in [0.3, 0.4) is 0 Å². The van der Waals surface area contributed by atoms with Crippen molar-refractivity contribution in [3.63, 3.8) is 0 Å². The van der Waals surface area contributed by atoms with Gasteiger partial charge < -0.3 is 4.98 Å². The Morgan fingerprint density at radius 1 is 1.07 bits per heavy atom. The van der Waals surface area contributed by atoms with Gasteiger partial charge in [-0.05, 0) is 43.2 Å². The van der Waals surface area contributed by atoms with Gasteiger partial charge in [0.15, 0.2) is 0 Å². The van der Waals surface area contributed by atoms with Gasteiger partial charge in [0.05, 0.1) is 10.5 Å². The van der Waals surface area contributed by atoms with Crippen molar-refractivity contribution in [3.8, 4) is 0 Å². The second-order valence-electron chi connectivity index (χ2n) is 6.92. The van der Waals surface area contributed by atoms with Crippen LogP contribution in [0.1, 0.15) is 23.2 Å². The van der Waals surface area contributed by atoms with Gasteiger partial charge >= 0.3 is 0 Å². The van der Waals surface area contributed by atoms with E-state index in [4.69, 9.17) is 0 Å². The van der Waals surface area contributed by atoms with Gasteiger partial charge in [0.1, 0.15) is 6.04 Å². The standard InChI is InChI=1S/C20H19BrN4O4S/c21-13-7-9-14(10-8-13)30(28,29)25-11-3-6-18(25)20(27)24-23-19(26)16-12-22-17-5-2-1-4-15(16)17/h1-2,4-5,7-10,12,18,22H,3,6,11H2,(H,23,26)(H,24,27). The van der Waals surface area contributed by atoms with Gasteiger partial charge in [0.2, 0.25) is 10.0 Å². The van der Waals surface area contributed by atoms with Crippen LogP contribution in [0.25, 0.3) is 10.9 Å². The maximum absolute atomic E-state index is 13.0. The maximum atomic E-state index is 13.0. The number of carbonyl (C=O) groups is 2. The van der Waals surface area contributed by atoms with Crippen LogP contribution in [-0.2, 0) is 14.8 Å². The summed E-state index contributed by atoms with van der Waals surface area (Å²) in [4.78, 5) is 28.3. The van der Waals surface area contributed by atoms with E-state index in [2.05, 4.69) is 31.8 Å². The van der Waals surface area contributed by atoms with Crippen LogP contribution in [-0.4, -0.2) is 42.1 Å². The van der Waals surface area contributed by atoms with Crippen molar-refractivity contribution in [1.82, 2.24) is 20.1 Å². The number of sulfonamides is 1. The van der Waals surface area contributed by atoms with Crippen molar-refractivity contribution in [2.45, 2.75) is 23.8 Å². The van der Waals surface area contributed by atoms with Crippen molar-refractivity contribution in [3.05, 3.63) is 64.8 Å². The molecule has 10 heteroatoms. The molecule has 2 amide bonds. The van der Waals surface area contributed by atoms with E-state index in [1.54, 1.807) is 24.4 Å². The van der Waals surface area contributed by atoms with E-state index in [9.17, 15) is 18.0 Å². The minimum absolute atomic E-state index is 0.119. The van der Waals surface area contributed by atoms with Gasteiger partial charge in [0, 0.05) is 28.1 Å². The first-order valence-corrected chi connectivity index (χ1v) is 11.5. The molecule has 8 nitrogen and oxygen atoms in total. The zero-order chi connectivity index (χ0) is 21.3. The quantitative estimate of drug-likeness (QED) is 0.487. The number of para-hydroxylation sites is 1. The Hall–Kier alpha value is -2.69. The van der Waals surface area contributed by atoms with E-state index in [0.29, 0.717) is 18.4 Å². The lowest BCUT2D eigenvalue weighted by molar-refractivity contribution is -0.125. The molecule has 1 aromatic heterocycles. The van der Waals surface area contributed by atoms with Crippen molar-refractivity contribution < 1.29 is 18.0 Å².